The minimum atomic E-state index is 0.647. The van der Waals surface area contributed by atoms with Crippen LogP contribution in [0.4, 0.5) is 0 Å². The predicted octanol–water partition coefficient (Wildman–Crippen LogP) is 1.75. The monoisotopic (exact) mass is 316 g/mol. The molecule has 0 radical (unpaired) electrons. The Balaban J connectivity index is 1.33. The molecule has 2 aromatic rings. The fraction of sp³-hybridized carbons (Fsp3) is 0.600. The Morgan fingerprint density at radius 1 is 1.41 bits per heavy atom. The van der Waals surface area contributed by atoms with Crippen molar-refractivity contribution in [2.24, 2.45) is 18.4 Å². The number of hydrogen-bond acceptors (Lipinski definition) is 6. The largest absolute Gasteiger partial charge is 0.316 e. The molecule has 1 saturated heterocycles. The van der Waals surface area contributed by atoms with E-state index in [0.717, 1.165) is 28.2 Å². The Hall–Kier alpha value is -1.47. The second kappa shape index (κ2) is 5.62. The molecule has 3 heterocycles. The van der Waals surface area contributed by atoms with Gasteiger partial charge in [-0.05, 0) is 43.2 Å². The quantitative estimate of drug-likeness (QED) is 0.647. The third-order valence-electron chi connectivity index (χ3n) is 4.95. The smallest absolute Gasteiger partial charge is 0.191 e. The Morgan fingerprint density at radius 3 is 3.09 bits per heavy atom. The van der Waals surface area contributed by atoms with Gasteiger partial charge in [0.2, 0.25) is 0 Å². The average molecular weight is 316 g/mol. The van der Waals surface area contributed by atoms with Gasteiger partial charge < -0.3 is 9.88 Å². The number of nitrogens with one attached hydrogen (secondary N) is 1. The van der Waals surface area contributed by atoms with Crippen LogP contribution in [0, 0.1) is 11.3 Å². The van der Waals surface area contributed by atoms with E-state index in [1.807, 2.05) is 17.7 Å². The maximum Gasteiger partial charge on any atom is 0.191 e. The van der Waals surface area contributed by atoms with Crippen molar-refractivity contribution in [3.63, 3.8) is 0 Å². The van der Waals surface area contributed by atoms with Crippen molar-refractivity contribution in [2.75, 3.05) is 18.8 Å². The lowest BCUT2D eigenvalue weighted by Crippen LogP contribution is -2.16. The van der Waals surface area contributed by atoms with Crippen LogP contribution >= 0.6 is 11.8 Å². The molecule has 2 aromatic heterocycles. The summed E-state index contributed by atoms with van der Waals surface area (Å²) in [5, 5.41) is 20.8. The Morgan fingerprint density at radius 2 is 2.36 bits per heavy atom. The predicted molar refractivity (Wildman–Crippen MR) is 85.4 cm³/mol. The molecule has 0 spiro atoms. The highest BCUT2D eigenvalue weighted by atomic mass is 32.2. The fourth-order valence-corrected chi connectivity index (χ4v) is 4.38. The summed E-state index contributed by atoms with van der Waals surface area (Å²) < 4.78 is 2.04. The van der Waals surface area contributed by atoms with Gasteiger partial charge in [-0.15, -0.1) is 10.2 Å². The van der Waals surface area contributed by atoms with Gasteiger partial charge in [0.25, 0.3) is 0 Å². The highest BCUT2D eigenvalue weighted by molar-refractivity contribution is 7.99. The van der Waals surface area contributed by atoms with E-state index in [1.54, 1.807) is 24.2 Å². The van der Waals surface area contributed by atoms with Crippen LogP contribution in [0.25, 0.3) is 11.4 Å². The topological polar surface area (TPSA) is 68.5 Å². The first-order valence-electron chi connectivity index (χ1n) is 7.78. The van der Waals surface area contributed by atoms with E-state index in [-0.39, 0.29) is 0 Å². The van der Waals surface area contributed by atoms with Gasteiger partial charge in [-0.3, -0.25) is 0 Å². The third kappa shape index (κ3) is 2.52. The van der Waals surface area contributed by atoms with Crippen LogP contribution in [0.15, 0.2) is 23.6 Å². The zero-order chi connectivity index (χ0) is 15.0. The lowest BCUT2D eigenvalue weighted by molar-refractivity contribution is 0.466. The molecule has 22 heavy (non-hydrogen) atoms. The van der Waals surface area contributed by atoms with Crippen molar-refractivity contribution < 1.29 is 0 Å². The van der Waals surface area contributed by atoms with Crippen molar-refractivity contribution in [1.29, 1.82) is 0 Å². The van der Waals surface area contributed by atoms with Gasteiger partial charge in [0.1, 0.15) is 0 Å². The van der Waals surface area contributed by atoms with Gasteiger partial charge in [-0.2, -0.15) is 10.2 Å². The van der Waals surface area contributed by atoms with E-state index in [4.69, 9.17) is 0 Å². The van der Waals surface area contributed by atoms with Crippen LogP contribution in [0.1, 0.15) is 19.3 Å². The molecule has 116 valence electrons. The first-order valence-corrected chi connectivity index (χ1v) is 8.77. The summed E-state index contributed by atoms with van der Waals surface area (Å²) in [4.78, 5) is 0. The van der Waals surface area contributed by atoms with Crippen LogP contribution in [-0.4, -0.2) is 43.8 Å². The second-order valence-corrected chi connectivity index (χ2v) is 7.40. The van der Waals surface area contributed by atoms with Gasteiger partial charge in [-0.25, -0.2) is 0 Å². The Kier molecular flexibility index (Phi) is 3.62. The number of rotatable bonds is 6. The molecule has 1 N–H and O–H groups in total. The number of aromatic nitrogens is 5. The standard InChI is InChI=1S/C15H20N6S/c1-21-13(11-3-5-17-18-8-11)19-20-14(21)22-6-2-4-15-7-12(15)9-16-10-15/h3,5,8,12,16H,2,4,6-7,9-10H2,1H3. The normalized spacial score (nSPS) is 26.1. The number of piperidine rings is 1. The molecule has 0 bridgehead atoms. The zero-order valence-electron chi connectivity index (χ0n) is 12.7. The lowest BCUT2D eigenvalue weighted by Gasteiger charge is -2.10. The van der Waals surface area contributed by atoms with Crippen LogP contribution in [0.3, 0.4) is 0 Å². The molecule has 4 rings (SSSR count). The molecular weight excluding hydrogens is 296 g/mol. The number of hydrogen-bond donors (Lipinski definition) is 1. The van der Waals surface area contributed by atoms with Gasteiger partial charge in [0, 0.05) is 24.9 Å². The molecule has 1 aliphatic carbocycles. The van der Waals surface area contributed by atoms with Crippen molar-refractivity contribution in [1.82, 2.24) is 30.3 Å². The molecule has 1 aliphatic heterocycles. The van der Waals surface area contributed by atoms with Crippen LogP contribution in [0.2, 0.25) is 0 Å². The highest BCUT2D eigenvalue weighted by Gasteiger charge is 2.55. The molecule has 0 aromatic carbocycles. The third-order valence-corrected chi connectivity index (χ3v) is 6.06. The van der Waals surface area contributed by atoms with Crippen molar-refractivity contribution in [2.45, 2.75) is 24.4 Å². The van der Waals surface area contributed by atoms with E-state index >= 15 is 0 Å². The Labute approximate surface area is 134 Å². The highest BCUT2D eigenvalue weighted by Crippen LogP contribution is 2.58. The first-order chi connectivity index (χ1) is 10.8. The summed E-state index contributed by atoms with van der Waals surface area (Å²) in [7, 11) is 2.01. The summed E-state index contributed by atoms with van der Waals surface area (Å²) in [6.07, 6.45) is 7.43. The number of nitrogens with zero attached hydrogens (tertiary/aromatic N) is 5. The summed E-state index contributed by atoms with van der Waals surface area (Å²) in [5.41, 5.74) is 1.60. The number of fused-ring (bicyclic) bond motifs is 1. The molecule has 2 aliphatic rings. The van der Waals surface area contributed by atoms with E-state index in [0.29, 0.717) is 5.41 Å². The Bertz CT molecular complexity index is 657. The molecule has 7 heteroatoms. The van der Waals surface area contributed by atoms with Crippen LogP contribution in [0.5, 0.6) is 0 Å². The molecule has 2 unspecified atom stereocenters. The summed E-state index contributed by atoms with van der Waals surface area (Å²) in [6.45, 7) is 2.46. The molecule has 1 saturated carbocycles. The first kappa shape index (κ1) is 14.1. The summed E-state index contributed by atoms with van der Waals surface area (Å²) in [5.74, 6) is 2.91. The minimum absolute atomic E-state index is 0.647. The van der Waals surface area contributed by atoms with Gasteiger partial charge in [0.15, 0.2) is 11.0 Å². The van der Waals surface area contributed by atoms with E-state index in [2.05, 4.69) is 25.7 Å². The van der Waals surface area contributed by atoms with E-state index in [9.17, 15) is 0 Å². The molecule has 6 nitrogen and oxygen atoms in total. The fourth-order valence-electron chi connectivity index (χ4n) is 3.53. The maximum absolute atomic E-state index is 4.30. The maximum atomic E-state index is 4.30. The number of thioether (sulfide) groups is 1. The minimum Gasteiger partial charge on any atom is -0.316 e. The summed E-state index contributed by atoms with van der Waals surface area (Å²) in [6, 6.07) is 1.91. The molecular formula is C15H20N6S. The summed E-state index contributed by atoms with van der Waals surface area (Å²) >= 11 is 1.80. The van der Waals surface area contributed by atoms with Gasteiger partial charge in [0.05, 0.1) is 12.4 Å². The SMILES string of the molecule is Cn1c(SCCCC23CNCC2C3)nnc1-c1ccnnc1. The van der Waals surface area contributed by atoms with Crippen LogP contribution < -0.4 is 5.32 Å². The average Bonchev–Trinajstić information content (AvgIpc) is 2.89. The van der Waals surface area contributed by atoms with Gasteiger partial charge in [-0.1, -0.05) is 11.8 Å². The molecule has 0 amide bonds. The molecule has 2 fully saturated rings. The molecule has 2 atom stereocenters. The van der Waals surface area contributed by atoms with E-state index < -0.39 is 0 Å². The van der Waals surface area contributed by atoms with Crippen molar-refractivity contribution in [3.05, 3.63) is 18.5 Å². The van der Waals surface area contributed by atoms with Crippen molar-refractivity contribution in [3.8, 4) is 11.4 Å². The zero-order valence-corrected chi connectivity index (χ0v) is 13.5. The van der Waals surface area contributed by atoms with Crippen LogP contribution in [-0.2, 0) is 7.05 Å². The lowest BCUT2D eigenvalue weighted by atomic mass is 10.0. The second-order valence-electron chi connectivity index (χ2n) is 6.34. The van der Waals surface area contributed by atoms with Crippen molar-refractivity contribution >= 4 is 11.8 Å². The van der Waals surface area contributed by atoms with E-state index in [1.165, 1.54) is 32.4 Å². The van der Waals surface area contributed by atoms with Gasteiger partial charge >= 0.3 is 0 Å².